The van der Waals surface area contributed by atoms with Gasteiger partial charge in [-0.15, -0.1) is 0 Å². The van der Waals surface area contributed by atoms with Gasteiger partial charge in [-0.3, -0.25) is 9.78 Å². The van der Waals surface area contributed by atoms with Crippen molar-refractivity contribution < 1.29 is 9.53 Å². The van der Waals surface area contributed by atoms with Crippen LogP contribution in [-0.4, -0.2) is 43.7 Å². The maximum Gasteiger partial charge on any atom is 0.269 e. The number of nitrogens with one attached hydrogen (secondary N) is 2. The zero-order valence-electron chi connectivity index (χ0n) is 10.6. The average Bonchev–Trinajstić information content (AvgIpc) is 2.39. The van der Waals surface area contributed by atoms with E-state index in [-0.39, 0.29) is 5.91 Å². The first-order chi connectivity index (χ1) is 8.77. The van der Waals surface area contributed by atoms with Crippen LogP contribution in [0.4, 0.5) is 5.69 Å². The van der Waals surface area contributed by atoms with Crippen LogP contribution in [0.1, 0.15) is 17.4 Å². The number of ether oxygens (including phenoxy) is 1. The fourth-order valence-electron chi connectivity index (χ4n) is 1.37. The molecule has 18 heavy (non-hydrogen) atoms. The SMILES string of the molecule is CCNC(=O)c1cc(NCCOCCN)ccn1. The topological polar surface area (TPSA) is 89.3 Å². The zero-order chi connectivity index (χ0) is 13.2. The van der Waals surface area contributed by atoms with Gasteiger partial charge in [0, 0.05) is 31.5 Å². The second-order valence-electron chi connectivity index (χ2n) is 3.62. The molecule has 0 spiro atoms. The number of amides is 1. The van der Waals surface area contributed by atoms with Crippen LogP contribution in [0, 0.1) is 0 Å². The first kappa shape index (κ1) is 14.4. The minimum absolute atomic E-state index is 0.166. The molecule has 4 N–H and O–H groups in total. The van der Waals surface area contributed by atoms with Crippen LogP contribution in [-0.2, 0) is 4.74 Å². The number of nitrogens with two attached hydrogens (primary N) is 1. The smallest absolute Gasteiger partial charge is 0.269 e. The van der Waals surface area contributed by atoms with Gasteiger partial charge < -0.3 is 21.1 Å². The number of hydrogen-bond donors (Lipinski definition) is 3. The molecule has 0 saturated carbocycles. The van der Waals surface area contributed by atoms with Crippen LogP contribution in [0.15, 0.2) is 18.3 Å². The molecule has 0 radical (unpaired) electrons. The van der Waals surface area contributed by atoms with Crippen molar-refractivity contribution in [1.82, 2.24) is 10.3 Å². The van der Waals surface area contributed by atoms with Crippen LogP contribution in [0.2, 0.25) is 0 Å². The lowest BCUT2D eigenvalue weighted by molar-refractivity contribution is 0.0951. The lowest BCUT2D eigenvalue weighted by atomic mass is 10.3. The summed E-state index contributed by atoms with van der Waals surface area (Å²) in [4.78, 5) is 15.6. The molecule has 0 aliphatic rings. The van der Waals surface area contributed by atoms with Crippen molar-refractivity contribution in [2.45, 2.75) is 6.92 Å². The molecule has 0 unspecified atom stereocenters. The lowest BCUT2D eigenvalue weighted by Gasteiger charge is -2.08. The Balaban J connectivity index is 2.42. The number of nitrogens with zero attached hydrogens (tertiary/aromatic N) is 1. The molecule has 1 rings (SSSR count). The summed E-state index contributed by atoms with van der Waals surface area (Å²) >= 11 is 0. The summed E-state index contributed by atoms with van der Waals surface area (Å²) in [6.07, 6.45) is 1.60. The van der Waals surface area contributed by atoms with E-state index in [1.54, 1.807) is 12.3 Å². The monoisotopic (exact) mass is 252 g/mol. The molecule has 0 fully saturated rings. The van der Waals surface area contributed by atoms with Crippen molar-refractivity contribution >= 4 is 11.6 Å². The molecule has 1 amide bonds. The molecule has 6 nitrogen and oxygen atoms in total. The van der Waals surface area contributed by atoms with Crippen LogP contribution < -0.4 is 16.4 Å². The molecule has 6 heteroatoms. The normalized spacial score (nSPS) is 10.1. The van der Waals surface area contributed by atoms with Crippen LogP contribution in [0.25, 0.3) is 0 Å². The first-order valence-corrected chi connectivity index (χ1v) is 6.04. The lowest BCUT2D eigenvalue weighted by Crippen LogP contribution is -2.23. The van der Waals surface area contributed by atoms with Crippen LogP contribution in [0.3, 0.4) is 0 Å². The standard InChI is InChI=1S/C12H20N4O2/c1-2-14-12(17)11-9-10(3-5-16-11)15-6-8-18-7-4-13/h3,5,9H,2,4,6-8,13H2,1H3,(H,14,17)(H,15,16). The Hall–Kier alpha value is -1.66. The number of aromatic nitrogens is 1. The summed E-state index contributed by atoms with van der Waals surface area (Å²) in [6.45, 7) is 4.79. The van der Waals surface area contributed by atoms with Gasteiger partial charge in [-0.25, -0.2) is 0 Å². The maximum absolute atomic E-state index is 11.6. The van der Waals surface area contributed by atoms with Gasteiger partial charge in [0.15, 0.2) is 0 Å². The van der Waals surface area contributed by atoms with Gasteiger partial charge >= 0.3 is 0 Å². The molecule has 0 aromatic carbocycles. The third kappa shape index (κ3) is 5.11. The molecule has 0 saturated heterocycles. The van der Waals surface area contributed by atoms with Crippen molar-refractivity contribution in [3.8, 4) is 0 Å². The van der Waals surface area contributed by atoms with Crippen LogP contribution in [0.5, 0.6) is 0 Å². The predicted molar refractivity (Wildman–Crippen MR) is 70.6 cm³/mol. The second kappa shape index (κ2) is 8.43. The van der Waals surface area contributed by atoms with Gasteiger partial charge in [0.05, 0.1) is 13.2 Å². The van der Waals surface area contributed by atoms with Crippen molar-refractivity contribution in [3.05, 3.63) is 24.0 Å². The summed E-state index contributed by atoms with van der Waals surface area (Å²) < 4.78 is 5.24. The van der Waals surface area contributed by atoms with E-state index in [9.17, 15) is 4.79 Å². The van der Waals surface area contributed by atoms with Gasteiger partial charge in [-0.2, -0.15) is 0 Å². The fourth-order valence-corrected chi connectivity index (χ4v) is 1.37. The van der Waals surface area contributed by atoms with Gasteiger partial charge in [0.2, 0.25) is 0 Å². The van der Waals surface area contributed by atoms with Crippen molar-refractivity contribution in [2.75, 3.05) is 38.2 Å². The number of anilines is 1. The van der Waals surface area contributed by atoms with Crippen LogP contribution >= 0.6 is 0 Å². The molecular formula is C12H20N4O2. The molecule has 1 aromatic heterocycles. The van der Waals surface area contributed by atoms with E-state index >= 15 is 0 Å². The molecule has 0 aliphatic carbocycles. The highest BCUT2D eigenvalue weighted by Crippen LogP contribution is 2.07. The molecule has 1 heterocycles. The highest BCUT2D eigenvalue weighted by Gasteiger charge is 2.05. The van der Waals surface area contributed by atoms with E-state index in [4.69, 9.17) is 10.5 Å². The fraction of sp³-hybridized carbons (Fsp3) is 0.500. The Morgan fingerprint density at radius 1 is 1.50 bits per heavy atom. The van der Waals surface area contributed by atoms with E-state index in [2.05, 4.69) is 15.6 Å². The Bertz CT molecular complexity index is 371. The molecule has 0 aliphatic heterocycles. The molecule has 0 atom stereocenters. The zero-order valence-corrected chi connectivity index (χ0v) is 10.6. The Morgan fingerprint density at radius 3 is 3.06 bits per heavy atom. The van der Waals surface area contributed by atoms with E-state index in [0.717, 1.165) is 5.69 Å². The van der Waals surface area contributed by atoms with Crippen molar-refractivity contribution in [2.24, 2.45) is 5.73 Å². The third-order valence-electron chi connectivity index (χ3n) is 2.17. The largest absolute Gasteiger partial charge is 0.383 e. The predicted octanol–water partition coefficient (Wildman–Crippen LogP) is 0.219. The summed E-state index contributed by atoms with van der Waals surface area (Å²) in [7, 11) is 0. The summed E-state index contributed by atoms with van der Waals surface area (Å²) in [6, 6.07) is 3.53. The average molecular weight is 252 g/mol. The van der Waals surface area contributed by atoms with E-state index in [1.807, 2.05) is 13.0 Å². The third-order valence-corrected chi connectivity index (χ3v) is 2.17. The Kier molecular flexibility index (Phi) is 6.75. The highest BCUT2D eigenvalue weighted by atomic mass is 16.5. The number of hydrogen-bond acceptors (Lipinski definition) is 5. The Labute approximate surface area is 107 Å². The summed E-state index contributed by atoms with van der Waals surface area (Å²) in [5, 5.41) is 5.86. The maximum atomic E-state index is 11.6. The van der Waals surface area contributed by atoms with Gasteiger partial charge in [0.1, 0.15) is 5.69 Å². The van der Waals surface area contributed by atoms with Crippen molar-refractivity contribution in [3.63, 3.8) is 0 Å². The molecule has 0 bridgehead atoms. The summed E-state index contributed by atoms with van der Waals surface area (Å²) in [5.74, 6) is -0.166. The van der Waals surface area contributed by atoms with E-state index in [1.165, 1.54) is 0 Å². The number of pyridine rings is 1. The summed E-state index contributed by atoms with van der Waals surface area (Å²) in [5.41, 5.74) is 6.56. The molecular weight excluding hydrogens is 232 g/mol. The quantitative estimate of drug-likeness (QED) is 0.576. The van der Waals surface area contributed by atoms with Crippen molar-refractivity contribution in [1.29, 1.82) is 0 Å². The van der Waals surface area contributed by atoms with E-state index in [0.29, 0.717) is 38.5 Å². The Morgan fingerprint density at radius 2 is 2.33 bits per heavy atom. The van der Waals surface area contributed by atoms with Gasteiger partial charge in [-0.05, 0) is 19.1 Å². The number of rotatable bonds is 8. The molecule has 100 valence electrons. The minimum Gasteiger partial charge on any atom is -0.383 e. The van der Waals surface area contributed by atoms with E-state index < -0.39 is 0 Å². The molecule has 1 aromatic rings. The number of carbonyl (C=O) groups is 1. The second-order valence-corrected chi connectivity index (χ2v) is 3.62. The van der Waals surface area contributed by atoms with Gasteiger partial charge in [-0.1, -0.05) is 0 Å². The minimum atomic E-state index is -0.166. The first-order valence-electron chi connectivity index (χ1n) is 6.04. The van der Waals surface area contributed by atoms with Gasteiger partial charge in [0.25, 0.3) is 5.91 Å². The highest BCUT2D eigenvalue weighted by molar-refractivity contribution is 5.93. The number of carbonyl (C=O) groups excluding carboxylic acids is 1.